The molecule has 9 nitrogen and oxygen atoms in total. The highest BCUT2D eigenvalue weighted by Gasteiger charge is 2.23. The van der Waals surface area contributed by atoms with E-state index in [2.05, 4.69) is 36.0 Å². The van der Waals surface area contributed by atoms with Crippen LogP contribution in [0.15, 0.2) is 16.9 Å². The Balaban J connectivity index is 1.55. The fourth-order valence-electron chi connectivity index (χ4n) is 2.77. The van der Waals surface area contributed by atoms with Crippen LogP contribution in [0.5, 0.6) is 0 Å². The maximum atomic E-state index is 9.15. The number of anilines is 1. The first-order valence-corrected chi connectivity index (χ1v) is 8.33. The van der Waals surface area contributed by atoms with E-state index in [0.29, 0.717) is 36.4 Å². The summed E-state index contributed by atoms with van der Waals surface area (Å²) in [4.78, 5) is 17.1. The highest BCUT2D eigenvalue weighted by Crippen LogP contribution is 2.18. The first-order valence-electron chi connectivity index (χ1n) is 8.33. The Hall–Kier alpha value is -2.57. The lowest BCUT2D eigenvalue weighted by molar-refractivity contribution is 0.0683. The first kappa shape index (κ1) is 17.3. The monoisotopic (exact) mass is 343 g/mol. The zero-order chi connectivity index (χ0) is 17.6. The van der Waals surface area contributed by atoms with Gasteiger partial charge in [0.25, 0.3) is 0 Å². The molecule has 1 aliphatic heterocycles. The molecule has 25 heavy (non-hydrogen) atoms. The van der Waals surface area contributed by atoms with Crippen molar-refractivity contribution in [1.29, 1.82) is 5.26 Å². The van der Waals surface area contributed by atoms with Gasteiger partial charge in [0.15, 0.2) is 17.3 Å². The first-order chi connectivity index (χ1) is 12.2. The maximum Gasteiger partial charge on any atom is 0.240 e. The molecule has 1 unspecified atom stereocenters. The third-order valence-electron chi connectivity index (χ3n) is 4.08. The average Bonchev–Trinajstić information content (AvgIpc) is 3.11. The van der Waals surface area contributed by atoms with Crippen molar-refractivity contribution in [3.05, 3.63) is 29.8 Å². The standard InChI is InChI=1S/C16H21N7O2/c1-3-24-12(2)15-20-14(25-21-15)11-22-6-8-23(9-7-22)16-13(10-17)18-4-5-19-16/h4-5,12H,3,6-9,11H2,1-2H3. The molecule has 0 N–H and O–H groups in total. The van der Waals surface area contributed by atoms with Gasteiger partial charge in [-0.3, -0.25) is 4.90 Å². The Morgan fingerprint density at radius 1 is 1.28 bits per heavy atom. The number of ether oxygens (including phenoxy) is 1. The van der Waals surface area contributed by atoms with Crippen LogP contribution in [0.2, 0.25) is 0 Å². The summed E-state index contributed by atoms with van der Waals surface area (Å²) in [6.07, 6.45) is 2.98. The highest BCUT2D eigenvalue weighted by molar-refractivity contribution is 5.49. The normalized spacial score (nSPS) is 16.6. The Bertz CT molecular complexity index is 734. The van der Waals surface area contributed by atoms with Gasteiger partial charge in [0.1, 0.15) is 12.2 Å². The van der Waals surface area contributed by atoms with Crippen molar-refractivity contribution < 1.29 is 9.26 Å². The molecule has 1 atom stereocenters. The van der Waals surface area contributed by atoms with E-state index >= 15 is 0 Å². The van der Waals surface area contributed by atoms with Gasteiger partial charge in [-0.2, -0.15) is 10.2 Å². The predicted molar refractivity (Wildman–Crippen MR) is 88.6 cm³/mol. The zero-order valence-corrected chi connectivity index (χ0v) is 14.4. The van der Waals surface area contributed by atoms with Crippen molar-refractivity contribution in [2.45, 2.75) is 26.5 Å². The number of hydrogen-bond acceptors (Lipinski definition) is 9. The van der Waals surface area contributed by atoms with Gasteiger partial charge < -0.3 is 14.2 Å². The summed E-state index contributed by atoms with van der Waals surface area (Å²) >= 11 is 0. The van der Waals surface area contributed by atoms with E-state index in [9.17, 15) is 0 Å². The van der Waals surface area contributed by atoms with Crippen LogP contribution < -0.4 is 4.90 Å². The molecule has 0 bridgehead atoms. The van der Waals surface area contributed by atoms with Crippen molar-refractivity contribution in [2.24, 2.45) is 0 Å². The van der Waals surface area contributed by atoms with Crippen LogP contribution >= 0.6 is 0 Å². The molecule has 0 saturated carbocycles. The van der Waals surface area contributed by atoms with Crippen molar-refractivity contribution in [2.75, 3.05) is 37.7 Å². The van der Waals surface area contributed by atoms with Crippen molar-refractivity contribution in [1.82, 2.24) is 25.0 Å². The van der Waals surface area contributed by atoms with E-state index in [-0.39, 0.29) is 6.10 Å². The second kappa shape index (κ2) is 8.00. The van der Waals surface area contributed by atoms with Crippen LogP contribution in [-0.2, 0) is 11.3 Å². The Kier molecular flexibility index (Phi) is 5.53. The summed E-state index contributed by atoms with van der Waals surface area (Å²) in [6.45, 7) is 8.23. The predicted octanol–water partition coefficient (Wildman–Crippen LogP) is 1.15. The maximum absolute atomic E-state index is 9.15. The quantitative estimate of drug-likeness (QED) is 0.763. The van der Waals surface area contributed by atoms with E-state index < -0.39 is 0 Å². The van der Waals surface area contributed by atoms with E-state index in [1.165, 1.54) is 6.20 Å². The summed E-state index contributed by atoms with van der Waals surface area (Å²) in [6, 6.07) is 2.09. The van der Waals surface area contributed by atoms with Gasteiger partial charge in [-0.05, 0) is 13.8 Å². The number of aromatic nitrogens is 4. The number of nitrogens with zero attached hydrogens (tertiary/aromatic N) is 7. The molecule has 0 aromatic carbocycles. The Morgan fingerprint density at radius 2 is 2.04 bits per heavy atom. The molecule has 3 heterocycles. The molecule has 9 heteroatoms. The number of hydrogen-bond donors (Lipinski definition) is 0. The van der Waals surface area contributed by atoms with Gasteiger partial charge in [0.2, 0.25) is 5.89 Å². The van der Waals surface area contributed by atoms with Gasteiger partial charge in [-0.25, -0.2) is 9.97 Å². The lowest BCUT2D eigenvalue weighted by atomic mass is 10.3. The second-order valence-corrected chi connectivity index (χ2v) is 5.75. The number of rotatable bonds is 6. The van der Waals surface area contributed by atoms with Crippen LogP contribution in [-0.4, -0.2) is 57.8 Å². The van der Waals surface area contributed by atoms with Gasteiger partial charge >= 0.3 is 0 Å². The van der Waals surface area contributed by atoms with Crippen LogP contribution in [0.3, 0.4) is 0 Å². The molecule has 1 aliphatic rings. The summed E-state index contributed by atoms with van der Waals surface area (Å²) in [5.74, 6) is 1.82. The number of piperazine rings is 1. The largest absolute Gasteiger partial charge is 0.371 e. The Morgan fingerprint density at radius 3 is 2.76 bits per heavy atom. The van der Waals surface area contributed by atoms with Gasteiger partial charge in [-0.1, -0.05) is 5.16 Å². The second-order valence-electron chi connectivity index (χ2n) is 5.75. The fourth-order valence-corrected chi connectivity index (χ4v) is 2.77. The van der Waals surface area contributed by atoms with E-state index in [1.807, 2.05) is 13.8 Å². The molecule has 0 aliphatic carbocycles. The molecule has 0 amide bonds. The van der Waals surface area contributed by atoms with Gasteiger partial charge in [0, 0.05) is 45.2 Å². The van der Waals surface area contributed by atoms with E-state index in [1.54, 1.807) is 6.20 Å². The van der Waals surface area contributed by atoms with Crippen LogP contribution in [0, 0.1) is 11.3 Å². The summed E-state index contributed by atoms with van der Waals surface area (Å²) < 4.78 is 10.8. The smallest absolute Gasteiger partial charge is 0.240 e. The van der Waals surface area contributed by atoms with Gasteiger partial charge in [0.05, 0.1) is 6.54 Å². The van der Waals surface area contributed by atoms with Crippen molar-refractivity contribution >= 4 is 5.82 Å². The molecule has 2 aromatic rings. The van der Waals surface area contributed by atoms with Crippen molar-refractivity contribution in [3.63, 3.8) is 0 Å². The molecular weight excluding hydrogens is 322 g/mol. The summed E-state index contributed by atoms with van der Waals surface area (Å²) in [5.41, 5.74) is 0.363. The lowest BCUT2D eigenvalue weighted by Crippen LogP contribution is -2.46. The average molecular weight is 343 g/mol. The minimum absolute atomic E-state index is 0.166. The van der Waals surface area contributed by atoms with Crippen LogP contribution in [0.1, 0.15) is 37.4 Å². The van der Waals surface area contributed by atoms with Crippen molar-refractivity contribution in [3.8, 4) is 6.07 Å². The van der Waals surface area contributed by atoms with Crippen LogP contribution in [0.25, 0.3) is 0 Å². The highest BCUT2D eigenvalue weighted by atomic mass is 16.5. The minimum atomic E-state index is -0.166. The summed E-state index contributed by atoms with van der Waals surface area (Å²) in [7, 11) is 0. The molecule has 132 valence electrons. The topological polar surface area (TPSA) is 104 Å². The molecule has 0 spiro atoms. The molecule has 1 fully saturated rings. The SMILES string of the molecule is CCOC(C)c1noc(CN2CCN(c3nccnc3C#N)CC2)n1. The van der Waals surface area contributed by atoms with E-state index in [0.717, 1.165) is 26.2 Å². The molecule has 1 saturated heterocycles. The molecule has 2 aromatic heterocycles. The van der Waals surface area contributed by atoms with Crippen LogP contribution in [0.4, 0.5) is 5.82 Å². The minimum Gasteiger partial charge on any atom is -0.371 e. The molecular formula is C16H21N7O2. The van der Waals surface area contributed by atoms with Gasteiger partial charge in [-0.15, -0.1) is 0 Å². The molecule has 0 radical (unpaired) electrons. The zero-order valence-electron chi connectivity index (χ0n) is 14.4. The number of nitriles is 1. The lowest BCUT2D eigenvalue weighted by Gasteiger charge is -2.34. The summed E-state index contributed by atoms with van der Waals surface area (Å²) in [5, 5.41) is 13.1. The Labute approximate surface area is 146 Å². The van der Waals surface area contributed by atoms with E-state index in [4.69, 9.17) is 14.5 Å². The fraction of sp³-hybridized carbons (Fsp3) is 0.562. The molecule has 3 rings (SSSR count). The third-order valence-corrected chi connectivity index (χ3v) is 4.08. The third kappa shape index (κ3) is 4.10.